The second-order valence-corrected chi connectivity index (χ2v) is 4.75. The van der Waals surface area contributed by atoms with E-state index in [4.69, 9.17) is 11.5 Å². The molecule has 0 aliphatic heterocycles. The van der Waals surface area contributed by atoms with E-state index in [1.807, 2.05) is 0 Å². The quantitative estimate of drug-likeness (QED) is 0.442. The first-order chi connectivity index (χ1) is 8.21. The summed E-state index contributed by atoms with van der Waals surface area (Å²) in [4.78, 5) is -0.00184. The molecule has 0 aromatic heterocycles. The highest BCUT2D eigenvalue weighted by Gasteiger charge is 2.35. The lowest BCUT2D eigenvalue weighted by Crippen LogP contribution is -2.09. The van der Waals surface area contributed by atoms with Crippen LogP contribution in [0.4, 0.5) is 24.5 Å². The summed E-state index contributed by atoms with van der Waals surface area (Å²) >= 11 is 7.87. The summed E-state index contributed by atoms with van der Waals surface area (Å²) in [5, 5.41) is 0.300. The van der Waals surface area contributed by atoms with Gasteiger partial charge in [0.1, 0.15) is 0 Å². The molecular formula is C11H9F3N2S2. The molecule has 0 spiro atoms. The van der Waals surface area contributed by atoms with E-state index in [2.05, 4.69) is 25.3 Å². The molecule has 96 valence electrons. The highest BCUT2D eigenvalue weighted by atomic mass is 32.1. The van der Waals surface area contributed by atoms with Crippen LogP contribution in [0.25, 0.3) is 10.8 Å². The summed E-state index contributed by atoms with van der Waals surface area (Å²) in [5.41, 5.74) is 10.5. The summed E-state index contributed by atoms with van der Waals surface area (Å²) in [6.07, 6.45) is -4.54. The van der Waals surface area contributed by atoms with Gasteiger partial charge in [-0.1, -0.05) is 0 Å². The number of hydrogen-bond donors (Lipinski definition) is 4. The Morgan fingerprint density at radius 2 is 1.50 bits per heavy atom. The molecule has 0 saturated carbocycles. The third-order valence-electron chi connectivity index (χ3n) is 2.57. The number of nitrogen functional groups attached to an aromatic ring is 2. The minimum absolute atomic E-state index is 0.0131. The van der Waals surface area contributed by atoms with Crippen LogP contribution < -0.4 is 11.5 Å². The lowest BCUT2D eigenvalue weighted by molar-refractivity contribution is -0.138. The summed E-state index contributed by atoms with van der Waals surface area (Å²) in [7, 11) is 0. The predicted molar refractivity (Wildman–Crippen MR) is 72.3 cm³/mol. The molecule has 18 heavy (non-hydrogen) atoms. The van der Waals surface area contributed by atoms with Crippen molar-refractivity contribution in [2.45, 2.75) is 16.0 Å². The van der Waals surface area contributed by atoms with Gasteiger partial charge in [0.15, 0.2) is 0 Å². The van der Waals surface area contributed by atoms with Crippen molar-refractivity contribution in [1.29, 1.82) is 0 Å². The molecule has 2 aromatic carbocycles. The van der Waals surface area contributed by atoms with Crippen LogP contribution in [-0.2, 0) is 6.18 Å². The number of thiol groups is 2. The molecule has 0 fully saturated rings. The van der Waals surface area contributed by atoms with Gasteiger partial charge in [0, 0.05) is 21.2 Å². The molecule has 2 aromatic rings. The maximum atomic E-state index is 13.0. The van der Waals surface area contributed by atoms with E-state index < -0.39 is 11.7 Å². The molecule has 0 atom stereocenters. The zero-order chi connectivity index (χ0) is 13.7. The maximum Gasteiger partial charge on any atom is 0.418 e. The SMILES string of the molecule is Nc1cc2cc(N)c(S)c(C(F)(F)F)c2cc1S. The van der Waals surface area contributed by atoms with E-state index >= 15 is 0 Å². The Labute approximate surface area is 112 Å². The molecule has 0 amide bonds. The Kier molecular flexibility index (Phi) is 3.06. The van der Waals surface area contributed by atoms with Crippen LogP contribution in [0.3, 0.4) is 0 Å². The van der Waals surface area contributed by atoms with Crippen LogP contribution in [-0.4, -0.2) is 0 Å². The van der Waals surface area contributed by atoms with Gasteiger partial charge in [-0.3, -0.25) is 0 Å². The first-order valence-corrected chi connectivity index (χ1v) is 5.72. The van der Waals surface area contributed by atoms with Gasteiger partial charge in [0.25, 0.3) is 0 Å². The lowest BCUT2D eigenvalue weighted by atomic mass is 10.0. The summed E-state index contributed by atoms with van der Waals surface area (Å²) in [6, 6.07) is 4.10. The number of halogens is 3. The third kappa shape index (κ3) is 2.08. The topological polar surface area (TPSA) is 52.0 Å². The van der Waals surface area contributed by atoms with Gasteiger partial charge >= 0.3 is 6.18 Å². The first-order valence-electron chi connectivity index (χ1n) is 4.82. The first kappa shape index (κ1) is 13.2. The average molecular weight is 290 g/mol. The second-order valence-electron chi connectivity index (χ2n) is 3.82. The molecular weight excluding hydrogens is 281 g/mol. The number of hydrogen-bond acceptors (Lipinski definition) is 4. The van der Waals surface area contributed by atoms with Gasteiger partial charge in [-0.15, -0.1) is 25.3 Å². The molecule has 2 rings (SSSR count). The van der Waals surface area contributed by atoms with Gasteiger partial charge in [-0.2, -0.15) is 13.2 Å². The molecule has 4 N–H and O–H groups in total. The van der Waals surface area contributed by atoms with Crippen LogP contribution >= 0.6 is 25.3 Å². The van der Waals surface area contributed by atoms with Crippen LogP contribution in [0.15, 0.2) is 28.0 Å². The second kappa shape index (κ2) is 4.17. The van der Waals surface area contributed by atoms with Crippen LogP contribution in [0.2, 0.25) is 0 Å². The van der Waals surface area contributed by atoms with E-state index in [9.17, 15) is 13.2 Å². The Morgan fingerprint density at radius 3 is 2.06 bits per heavy atom. The van der Waals surface area contributed by atoms with Crippen molar-refractivity contribution < 1.29 is 13.2 Å². The van der Waals surface area contributed by atoms with Crippen LogP contribution in [0.5, 0.6) is 0 Å². The van der Waals surface area contributed by atoms with Crippen molar-refractivity contribution in [2.24, 2.45) is 0 Å². The van der Waals surface area contributed by atoms with Gasteiger partial charge in [-0.25, -0.2) is 0 Å². The number of benzene rings is 2. The molecule has 7 heteroatoms. The van der Waals surface area contributed by atoms with E-state index in [1.54, 1.807) is 0 Å². The number of anilines is 2. The molecule has 0 bridgehead atoms. The maximum absolute atomic E-state index is 13.0. The van der Waals surface area contributed by atoms with E-state index in [-0.39, 0.29) is 20.9 Å². The van der Waals surface area contributed by atoms with Crippen molar-refractivity contribution in [3.8, 4) is 0 Å². The fourth-order valence-electron chi connectivity index (χ4n) is 1.75. The largest absolute Gasteiger partial charge is 0.418 e. The van der Waals surface area contributed by atoms with Crippen molar-refractivity contribution in [3.05, 3.63) is 23.8 Å². The van der Waals surface area contributed by atoms with Crippen molar-refractivity contribution in [3.63, 3.8) is 0 Å². The normalized spacial score (nSPS) is 12.1. The van der Waals surface area contributed by atoms with Crippen LogP contribution in [0.1, 0.15) is 5.56 Å². The fraction of sp³-hybridized carbons (Fsp3) is 0.0909. The van der Waals surface area contributed by atoms with Gasteiger partial charge in [0.2, 0.25) is 0 Å². The van der Waals surface area contributed by atoms with E-state index in [0.29, 0.717) is 11.1 Å². The predicted octanol–water partition coefficient (Wildman–Crippen LogP) is 3.60. The van der Waals surface area contributed by atoms with E-state index in [0.717, 1.165) is 0 Å². The standard InChI is InChI=1S/C11H9F3N2S2/c12-11(13,14)9-5-3-8(17)6(15)1-4(5)2-7(16)10(9)18/h1-3,17-18H,15-16H2. The van der Waals surface area contributed by atoms with Gasteiger partial charge in [0.05, 0.1) is 5.56 Å². The molecule has 0 aliphatic carbocycles. The minimum Gasteiger partial charge on any atom is -0.398 e. The Bertz CT molecular complexity index is 633. The molecule has 0 heterocycles. The Balaban J connectivity index is 2.97. The van der Waals surface area contributed by atoms with Gasteiger partial charge < -0.3 is 11.5 Å². The molecule has 0 unspecified atom stereocenters. The fourth-order valence-corrected chi connectivity index (χ4v) is 2.26. The zero-order valence-corrected chi connectivity index (χ0v) is 10.7. The van der Waals surface area contributed by atoms with Gasteiger partial charge in [-0.05, 0) is 29.0 Å². The number of fused-ring (bicyclic) bond motifs is 1. The monoisotopic (exact) mass is 290 g/mol. The number of alkyl halides is 3. The molecule has 0 saturated heterocycles. The van der Waals surface area contributed by atoms with Crippen molar-refractivity contribution in [2.75, 3.05) is 11.5 Å². The Morgan fingerprint density at radius 1 is 0.944 bits per heavy atom. The zero-order valence-electron chi connectivity index (χ0n) is 8.92. The van der Waals surface area contributed by atoms with Crippen molar-refractivity contribution >= 4 is 47.4 Å². The van der Waals surface area contributed by atoms with Crippen molar-refractivity contribution in [1.82, 2.24) is 0 Å². The Hall–Kier alpha value is -1.21. The molecule has 0 radical (unpaired) electrons. The average Bonchev–Trinajstić information content (AvgIpc) is 2.21. The molecule has 0 aliphatic rings. The smallest absolute Gasteiger partial charge is 0.398 e. The number of rotatable bonds is 0. The number of nitrogens with two attached hydrogens (primary N) is 2. The summed E-state index contributed by atoms with van der Waals surface area (Å²) in [6.45, 7) is 0. The lowest BCUT2D eigenvalue weighted by Gasteiger charge is -2.16. The highest BCUT2D eigenvalue weighted by molar-refractivity contribution is 7.80. The third-order valence-corrected chi connectivity index (χ3v) is 3.44. The summed E-state index contributed by atoms with van der Waals surface area (Å²) < 4.78 is 39.1. The van der Waals surface area contributed by atoms with Crippen LogP contribution in [0, 0.1) is 0 Å². The highest BCUT2D eigenvalue weighted by Crippen LogP contribution is 2.42. The molecule has 2 nitrogen and oxygen atoms in total. The van der Waals surface area contributed by atoms with E-state index in [1.165, 1.54) is 18.2 Å². The summed E-state index contributed by atoms with van der Waals surface area (Å²) in [5.74, 6) is 0. The minimum atomic E-state index is -4.54.